The van der Waals surface area contributed by atoms with Crippen molar-refractivity contribution >= 4 is 29.0 Å². The Bertz CT molecular complexity index is 742. The van der Waals surface area contributed by atoms with Crippen LogP contribution in [-0.4, -0.2) is 57.7 Å². The van der Waals surface area contributed by atoms with Crippen LogP contribution in [0.4, 0.5) is 0 Å². The van der Waals surface area contributed by atoms with Gasteiger partial charge in [0.2, 0.25) is 0 Å². The minimum Gasteiger partial charge on any atom is -0.348 e. The van der Waals surface area contributed by atoms with Crippen molar-refractivity contribution in [3.63, 3.8) is 0 Å². The highest BCUT2D eigenvalue weighted by atomic mass is 32.2. The fourth-order valence-corrected chi connectivity index (χ4v) is 5.78. The van der Waals surface area contributed by atoms with E-state index < -0.39 is 0 Å². The Labute approximate surface area is 162 Å². The summed E-state index contributed by atoms with van der Waals surface area (Å²) in [6.45, 7) is 4.28. The lowest BCUT2D eigenvalue weighted by molar-refractivity contribution is 0.0881. The van der Waals surface area contributed by atoms with Gasteiger partial charge in [0.1, 0.15) is 0 Å². The van der Waals surface area contributed by atoms with Gasteiger partial charge in [0.25, 0.3) is 5.91 Å². The largest absolute Gasteiger partial charge is 0.348 e. The number of hydrogen-bond acceptors (Lipinski definition) is 5. The summed E-state index contributed by atoms with van der Waals surface area (Å²) in [4.78, 5) is 17.5. The van der Waals surface area contributed by atoms with E-state index in [0.717, 1.165) is 42.5 Å². The number of aromatic amines is 1. The fraction of sp³-hybridized carbons (Fsp3) is 0.579. The van der Waals surface area contributed by atoms with Gasteiger partial charge < -0.3 is 10.2 Å². The molecule has 2 aromatic heterocycles. The molecular formula is C19H26N4OS2. The number of carbonyl (C=O) groups excluding carboxylic acids is 1. The maximum atomic E-state index is 12.5. The molecule has 0 atom stereocenters. The van der Waals surface area contributed by atoms with Gasteiger partial charge in [-0.2, -0.15) is 16.9 Å². The number of nitrogens with zero attached hydrogens (tertiary/aromatic N) is 2. The van der Waals surface area contributed by atoms with Crippen molar-refractivity contribution in [1.82, 2.24) is 20.4 Å². The Morgan fingerprint density at radius 3 is 2.69 bits per heavy atom. The molecule has 2 saturated heterocycles. The molecule has 4 rings (SSSR count). The van der Waals surface area contributed by atoms with Crippen LogP contribution in [0.15, 0.2) is 18.2 Å². The Morgan fingerprint density at radius 1 is 1.23 bits per heavy atom. The normalized spacial score (nSPS) is 20.3. The third kappa shape index (κ3) is 4.15. The predicted molar refractivity (Wildman–Crippen MR) is 109 cm³/mol. The molecule has 2 aliphatic heterocycles. The number of aryl methyl sites for hydroxylation is 1. The maximum absolute atomic E-state index is 12.5. The third-order valence-electron chi connectivity index (χ3n) is 5.39. The van der Waals surface area contributed by atoms with E-state index in [2.05, 4.69) is 51.2 Å². The summed E-state index contributed by atoms with van der Waals surface area (Å²) < 4.78 is 0. The number of rotatable bonds is 4. The van der Waals surface area contributed by atoms with Crippen LogP contribution in [0, 0.1) is 6.92 Å². The molecule has 2 N–H and O–H groups in total. The molecule has 0 aliphatic carbocycles. The van der Waals surface area contributed by atoms with Crippen molar-refractivity contribution in [2.24, 2.45) is 0 Å². The number of piperidine rings is 1. The first-order chi connectivity index (χ1) is 12.7. The number of thioether (sulfide) groups is 1. The van der Waals surface area contributed by atoms with Crippen molar-refractivity contribution in [2.45, 2.75) is 44.7 Å². The smallest absolute Gasteiger partial charge is 0.272 e. The average Bonchev–Trinajstić information content (AvgIpc) is 3.32. The highest BCUT2D eigenvalue weighted by Crippen LogP contribution is 2.27. The molecule has 2 aromatic rings. The molecule has 26 heavy (non-hydrogen) atoms. The van der Waals surface area contributed by atoms with Crippen LogP contribution in [0.5, 0.6) is 0 Å². The van der Waals surface area contributed by atoms with E-state index in [4.69, 9.17) is 0 Å². The lowest BCUT2D eigenvalue weighted by atomic mass is 10.0. The van der Waals surface area contributed by atoms with Crippen molar-refractivity contribution in [1.29, 1.82) is 0 Å². The summed E-state index contributed by atoms with van der Waals surface area (Å²) >= 11 is 3.78. The van der Waals surface area contributed by atoms with Crippen LogP contribution >= 0.6 is 23.1 Å². The standard InChI is InChI=1S/C19H26N4OS2/c1-13-2-3-18(26-13)16-12-17(22-21-16)19(24)20-14-4-8-23(9-5-14)15-6-10-25-11-7-15/h2-3,12,14-15H,4-11H2,1H3,(H,20,24)(H,21,22). The first-order valence-corrected chi connectivity index (χ1v) is 11.4. The zero-order valence-electron chi connectivity index (χ0n) is 15.2. The van der Waals surface area contributed by atoms with Gasteiger partial charge in [-0.3, -0.25) is 9.89 Å². The van der Waals surface area contributed by atoms with Gasteiger partial charge in [-0.1, -0.05) is 0 Å². The summed E-state index contributed by atoms with van der Waals surface area (Å²) in [6.07, 6.45) is 4.72. The molecule has 2 fully saturated rings. The third-order valence-corrected chi connectivity index (χ3v) is 7.47. The number of carbonyl (C=O) groups is 1. The lowest BCUT2D eigenvalue weighted by Gasteiger charge is -2.39. The molecule has 0 radical (unpaired) electrons. The van der Waals surface area contributed by atoms with E-state index in [1.165, 1.54) is 29.2 Å². The van der Waals surface area contributed by atoms with Gasteiger partial charge in [0, 0.05) is 30.1 Å². The number of H-pyrrole nitrogens is 1. The number of hydrogen-bond donors (Lipinski definition) is 2. The number of aromatic nitrogens is 2. The minimum atomic E-state index is -0.0618. The second-order valence-corrected chi connectivity index (χ2v) is 9.72. The van der Waals surface area contributed by atoms with Crippen LogP contribution in [0.3, 0.4) is 0 Å². The SMILES string of the molecule is Cc1ccc(-c2cc(C(=O)NC3CCN(C4CCSCC4)CC3)n[nH]2)s1. The van der Waals surface area contributed by atoms with E-state index in [9.17, 15) is 4.79 Å². The molecule has 140 valence electrons. The maximum Gasteiger partial charge on any atom is 0.272 e. The van der Waals surface area contributed by atoms with Crippen LogP contribution < -0.4 is 5.32 Å². The van der Waals surface area contributed by atoms with E-state index in [-0.39, 0.29) is 11.9 Å². The molecule has 2 aliphatic rings. The highest BCUT2D eigenvalue weighted by Gasteiger charge is 2.27. The number of thiophene rings is 1. The van der Waals surface area contributed by atoms with Crippen LogP contribution in [0.1, 0.15) is 41.0 Å². The number of likely N-dealkylation sites (tertiary alicyclic amines) is 1. The Balaban J connectivity index is 1.29. The number of nitrogens with one attached hydrogen (secondary N) is 2. The van der Waals surface area contributed by atoms with Gasteiger partial charge in [-0.15, -0.1) is 11.3 Å². The second kappa shape index (κ2) is 8.15. The molecule has 1 amide bonds. The van der Waals surface area contributed by atoms with Crippen LogP contribution in [-0.2, 0) is 0 Å². The van der Waals surface area contributed by atoms with Gasteiger partial charge in [0.15, 0.2) is 5.69 Å². The molecule has 0 spiro atoms. The summed E-state index contributed by atoms with van der Waals surface area (Å²) in [5, 5.41) is 10.4. The Hall–Kier alpha value is -1.31. The van der Waals surface area contributed by atoms with Crippen molar-refractivity contribution < 1.29 is 4.79 Å². The Kier molecular flexibility index (Phi) is 5.66. The summed E-state index contributed by atoms with van der Waals surface area (Å²) in [7, 11) is 0. The molecular weight excluding hydrogens is 364 g/mol. The van der Waals surface area contributed by atoms with E-state index in [1.807, 2.05) is 6.07 Å². The van der Waals surface area contributed by atoms with Gasteiger partial charge >= 0.3 is 0 Å². The van der Waals surface area contributed by atoms with Crippen molar-refractivity contribution in [3.8, 4) is 10.6 Å². The zero-order valence-corrected chi connectivity index (χ0v) is 16.8. The quantitative estimate of drug-likeness (QED) is 0.838. The fourth-order valence-electron chi connectivity index (χ4n) is 3.86. The predicted octanol–water partition coefficient (Wildman–Crippen LogP) is 3.54. The summed E-state index contributed by atoms with van der Waals surface area (Å²) in [6, 6.07) is 7.03. The van der Waals surface area contributed by atoms with E-state index in [1.54, 1.807) is 11.3 Å². The molecule has 0 aromatic carbocycles. The highest BCUT2D eigenvalue weighted by molar-refractivity contribution is 7.99. The lowest BCUT2D eigenvalue weighted by Crippen LogP contribution is -2.48. The summed E-state index contributed by atoms with van der Waals surface area (Å²) in [5.74, 6) is 2.53. The topological polar surface area (TPSA) is 61.0 Å². The van der Waals surface area contributed by atoms with Crippen molar-refractivity contribution in [3.05, 3.63) is 28.8 Å². The van der Waals surface area contributed by atoms with Gasteiger partial charge in [0.05, 0.1) is 10.6 Å². The van der Waals surface area contributed by atoms with Gasteiger partial charge in [-0.25, -0.2) is 0 Å². The van der Waals surface area contributed by atoms with Crippen LogP contribution in [0.25, 0.3) is 10.6 Å². The van der Waals surface area contributed by atoms with E-state index >= 15 is 0 Å². The second-order valence-electron chi connectivity index (χ2n) is 7.20. The minimum absolute atomic E-state index is 0.0618. The Morgan fingerprint density at radius 2 is 2.00 bits per heavy atom. The van der Waals surface area contributed by atoms with E-state index in [0.29, 0.717) is 5.69 Å². The first-order valence-electron chi connectivity index (χ1n) is 9.44. The molecule has 0 saturated carbocycles. The number of amides is 1. The monoisotopic (exact) mass is 390 g/mol. The average molecular weight is 391 g/mol. The van der Waals surface area contributed by atoms with Crippen molar-refractivity contribution in [2.75, 3.05) is 24.6 Å². The first kappa shape index (κ1) is 18.1. The van der Waals surface area contributed by atoms with Gasteiger partial charge in [-0.05, 0) is 62.3 Å². The zero-order chi connectivity index (χ0) is 17.9. The molecule has 0 unspecified atom stereocenters. The molecule has 7 heteroatoms. The molecule has 0 bridgehead atoms. The molecule has 5 nitrogen and oxygen atoms in total. The molecule has 4 heterocycles. The van der Waals surface area contributed by atoms with Crippen LogP contribution in [0.2, 0.25) is 0 Å². The summed E-state index contributed by atoms with van der Waals surface area (Å²) in [5.41, 5.74) is 1.40.